The Morgan fingerprint density at radius 1 is 1.11 bits per heavy atom. The summed E-state index contributed by atoms with van der Waals surface area (Å²) in [5, 5.41) is 11.5. The van der Waals surface area contributed by atoms with Crippen molar-refractivity contribution in [3.63, 3.8) is 0 Å². The van der Waals surface area contributed by atoms with Crippen LogP contribution in [0.15, 0.2) is 48.5 Å². The molecule has 0 aliphatic carbocycles. The van der Waals surface area contributed by atoms with Crippen LogP contribution in [-0.2, 0) is 14.3 Å². The lowest BCUT2D eigenvalue weighted by atomic mass is 10.2. The van der Waals surface area contributed by atoms with Crippen LogP contribution in [-0.4, -0.2) is 31.2 Å². The Morgan fingerprint density at radius 2 is 1.81 bits per heavy atom. The number of carbonyl (C=O) groups excluding carboxylic acids is 2. The number of carbonyl (C=O) groups is 2. The number of esters is 1. The van der Waals surface area contributed by atoms with Crippen molar-refractivity contribution in [2.24, 2.45) is 0 Å². The van der Waals surface area contributed by atoms with Gasteiger partial charge in [0, 0.05) is 5.69 Å². The molecule has 0 radical (unpaired) electrons. The van der Waals surface area contributed by atoms with E-state index in [2.05, 4.69) is 5.32 Å². The molecule has 0 aliphatic heterocycles. The van der Waals surface area contributed by atoms with Crippen molar-refractivity contribution in [2.45, 2.75) is 20.0 Å². The molecular weight excluding hydrogens is 348 g/mol. The minimum atomic E-state index is -1.02. The summed E-state index contributed by atoms with van der Waals surface area (Å²) in [5.74, 6) is -0.249. The highest BCUT2D eigenvalue weighted by Gasteiger charge is 2.19. The average molecular weight is 368 g/mol. The largest absolute Gasteiger partial charge is 0.490 e. The summed E-state index contributed by atoms with van der Waals surface area (Å²) in [6.45, 7) is 3.41. The molecule has 0 spiro atoms. The van der Waals surface area contributed by atoms with Crippen LogP contribution >= 0.6 is 0 Å². The third kappa shape index (κ3) is 6.04. The zero-order valence-corrected chi connectivity index (χ0v) is 15.1. The van der Waals surface area contributed by atoms with E-state index >= 15 is 0 Å². The maximum Gasteiger partial charge on any atom is 0.344 e. The van der Waals surface area contributed by atoms with Crippen molar-refractivity contribution in [1.29, 1.82) is 5.26 Å². The van der Waals surface area contributed by atoms with E-state index < -0.39 is 18.0 Å². The molecule has 7 heteroatoms. The number of nitrogens with one attached hydrogen (secondary N) is 1. The van der Waals surface area contributed by atoms with Gasteiger partial charge in [-0.15, -0.1) is 0 Å². The SMILES string of the molecule is CCOc1ccccc1OCC(=O)O[C@H](C)C(=O)Nc1cccc(C#N)c1. The van der Waals surface area contributed by atoms with Crippen molar-refractivity contribution < 1.29 is 23.8 Å². The van der Waals surface area contributed by atoms with Gasteiger partial charge in [-0.3, -0.25) is 4.79 Å². The molecule has 140 valence electrons. The Labute approximate surface area is 157 Å². The second-order valence-electron chi connectivity index (χ2n) is 5.48. The van der Waals surface area contributed by atoms with Crippen molar-refractivity contribution in [2.75, 3.05) is 18.5 Å². The molecule has 2 rings (SSSR count). The molecule has 0 aromatic heterocycles. The fraction of sp³-hybridized carbons (Fsp3) is 0.250. The van der Waals surface area contributed by atoms with Crippen molar-refractivity contribution in [3.8, 4) is 17.6 Å². The molecule has 1 atom stereocenters. The number of amides is 1. The lowest BCUT2D eigenvalue weighted by Crippen LogP contribution is -2.31. The van der Waals surface area contributed by atoms with E-state index in [4.69, 9.17) is 19.5 Å². The van der Waals surface area contributed by atoms with Crippen LogP contribution in [0, 0.1) is 11.3 Å². The van der Waals surface area contributed by atoms with Crippen LogP contribution in [0.4, 0.5) is 5.69 Å². The van der Waals surface area contributed by atoms with Gasteiger partial charge in [-0.05, 0) is 44.2 Å². The first-order valence-corrected chi connectivity index (χ1v) is 8.38. The molecule has 0 heterocycles. The molecule has 0 bridgehead atoms. The Bertz CT molecular complexity index is 844. The maximum absolute atomic E-state index is 12.1. The predicted octanol–water partition coefficient (Wildman–Crippen LogP) is 2.91. The normalized spacial score (nSPS) is 11.0. The van der Waals surface area contributed by atoms with Crippen LogP contribution < -0.4 is 14.8 Å². The first-order valence-electron chi connectivity index (χ1n) is 8.38. The molecule has 0 aliphatic rings. The average Bonchev–Trinajstić information content (AvgIpc) is 2.67. The number of benzene rings is 2. The number of rotatable bonds is 8. The number of nitriles is 1. The van der Waals surface area contributed by atoms with Gasteiger partial charge >= 0.3 is 5.97 Å². The van der Waals surface area contributed by atoms with E-state index in [1.54, 1.807) is 42.5 Å². The summed E-state index contributed by atoms with van der Waals surface area (Å²) in [4.78, 5) is 24.1. The van der Waals surface area contributed by atoms with Crippen molar-refractivity contribution >= 4 is 17.6 Å². The van der Waals surface area contributed by atoms with Gasteiger partial charge in [-0.2, -0.15) is 5.26 Å². The third-order valence-electron chi connectivity index (χ3n) is 3.43. The minimum absolute atomic E-state index is 0.356. The molecule has 27 heavy (non-hydrogen) atoms. The van der Waals surface area contributed by atoms with Gasteiger partial charge in [0.2, 0.25) is 0 Å². The van der Waals surface area contributed by atoms with Crippen LogP contribution in [0.25, 0.3) is 0 Å². The number of para-hydroxylation sites is 2. The highest BCUT2D eigenvalue weighted by molar-refractivity contribution is 5.95. The molecule has 0 unspecified atom stereocenters. The van der Waals surface area contributed by atoms with Crippen LogP contribution in [0.5, 0.6) is 11.5 Å². The van der Waals surface area contributed by atoms with E-state index in [0.29, 0.717) is 29.4 Å². The maximum atomic E-state index is 12.1. The molecular formula is C20H20N2O5. The molecule has 0 saturated heterocycles. The van der Waals surface area contributed by atoms with Gasteiger partial charge in [0.05, 0.1) is 18.2 Å². The van der Waals surface area contributed by atoms with Crippen LogP contribution in [0.3, 0.4) is 0 Å². The fourth-order valence-electron chi connectivity index (χ4n) is 2.18. The zero-order valence-electron chi connectivity index (χ0n) is 15.1. The Morgan fingerprint density at radius 3 is 2.48 bits per heavy atom. The van der Waals surface area contributed by atoms with Gasteiger partial charge in [-0.1, -0.05) is 18.2 Å². The van der Waals surface area contributed by atoms with Gasteiger partial charge < -0.3 is 19.5 Å². The predicted molar refractivity (Wildman–Crippen MR) is 98.4 cm³/mol. The molecule has 7 nitrogen and oxygen atoms in total. The second-order valence-corrected chi connectivity index (χ2v) is 5.48. The number of ether oxygens (including phenoxy) is 3. The smallest absolute Gasteiger partial charge is 0.344 e. The first kappa shape index (κ1) is 19.8. The molecule has 0 saturated carbocycles. The molecule has 0 fully saturated rings. The summed E-state index contributed by atoms with van der Waals surface area (Å²) in [6, 6.07) is 15.4. The summed E-state index contributed by atoms with van der Waals surface area (Å²) < 4.78 is 15.9. The van der Waals surface area contributed by atoms with E-state index in [-0.39, 0.29) is 6.61 Å². The van der Waals surface area contributed by atoms with Crippen molar-refractivity contribution in [1.82, 2.24) is 0 Å². The van der Waals surface area contributed by atoms with Crippen LogP contribution in [0.2, 0.25) is 0 Å². The summed E-state index contributed by atoms with van der Waals surface area (Å²) in [5.41, 5.74) is 0.864. The quantitative estimate of drug-likeness (QED) is 0.720. The molecule has 1 N–H and O–H groups in total. The summed E-state index contributed by atoms with van der Waals surface area (Å²) in [6.07, 6.45) is -1.02. The Balaban J connectivity index is 1.86. The third-order valence-corrected chi connectivity index (χ3v) is 3.43. The van der Waals surface area contributed by atoms with Crippen molar-refractivity contribution in [3.05, 3.63) is 54.1 Å². The number of hydrogen-bond donors (Lipinski definition) is 1. The number of hydrogen-bond acceptors (Lipinski definition) is 6. The first-order chi connectivity index (χ1) is 13.0. The lowest BCUT2D eigenvalue weighted by molar-refractivity contribution is -0.155. The fourth-order valence-corrected chi connectivity index (χ4v) is 2.18. The van der Waals surface area contributed by atoms with E-state index in [9.17, 15) is 9.59 Å². The zero-order chi connectivity index (χ0) is 19.6. The summed E-state index contributed by atoms with van der Waals surface area (Å²) >= 11 is 0. The van der Waals surface area contributed by atoms with Gasteiger partial charge in [0.1, 0.15) is 0 Å². The minimum Gasteiger partial charge on any atom is -0.490 e. The standard InChI is InChI=1S/C20H20N2O5/c1-3-25-17-9-4-5-10-18(17)26-13-19(23)27-14(2)20(24)22-16-8-6-7-15(11-16)12-21/h4-11,14H,3,13H2,1-2H3,(H,22,24)/t14-/m1/s1. The van der Waals surface area contributed by atoms with Crippen LogP contribution in [0.1, 0.15) is 19.4 Å². The molecule has 2 aromatic rings. The molecule has 2 aromatic carbocycles. The second kappa shape index (κ2) is 9.82. The van der Waals surface area contributed by atoms with Gasteiger partial charge in [-0.25, -0.2) is 4.79 Å². The van der Waals surface area contributed by atoms with E-state index in [1.807, 2.05) is 13.0 Å². The number of anilines is 1. The van der Waals surface area contributed by atoms with E-state index in [1.165, 1.54) is 13.0 Å². The topological polar surface area (TPSA) is 97.7 Å². The number of nitrogens with zero attached hydrogens (tertiary/aromatic N) is 1. The highest BCUT2D eigenvalue weighted by atomic mass is 16.6. The monoisotopic (exact) mass is 368 g/mol. The highest BCUT2D eigenvalue weighted by Crippen LogP contribution is 2.26. The summed E-state index contributed by atoms with van der Waals surface area (Å²) in [7, 11) is 0. The Hall–Kier alpha value is -3.53. The Kier molecular flexibility index (Phi) is 7.20. The molecule has 1 amide bonds. The van der Waals surface area contributed by atoms with Gasteiger partial charge in [0.25, 0.3) is 5.91 Å². The van der Waals surface area contributed by atoms with E-state index in [0.717, 1.165) is 0 Å². The lowest BCUT2D eigenvalue weighted by Gasteiger charge is -2.15. The van der Waals surface area contributed by atoms with Gasteiger partial charge in [0.15, 0.2) is 24.2 Å².